The number of amides is 1. The van der Waals surface area contributed by atoms with Crippen molar-refractivity contribution >= 4 is 23.2 Å². The first-order valence-electron chi connectivity index (χ1n) is 8.89. The third-order valence-electron chi connectivity index (χ3n) is 4.63. The van der Waals surface area contributed by atoms with E-state index in [9.17, 15) is 9.59 Å². The van der Waals surface area contributed by atoms with Gasteiger partial charge in [0.15, 0.2) is 6.61 Å². The number of fused-ring (bicyclic) bond motifs is 1. The number of esters is 1. The first-order valence-corrected chi connectivity index (χ1v) is 9.71. The van der Waals surface area contributed by atoms with Gasteiger partial charge in [-0.25, -0.2) is 4.79 Å². The number of hydrogen-bond acceptors (Lipinski definition) is 6. The van der Waals surface area contributed by atoms with E-state index in [1.54, 1.807) is 0 Å². The molecule has 2 rings (SSSR count). The summed E-state index contributed by atoms with van der Waals surface area (Å²) in [5.74, 6) is -0.182. The number of rotatable bonds is 8. The molecule has 0 bridgehead atoms. The predicted octanol–water partition coefficient (Wildman–Crippen LogP) is 3.08. The van der Waals surface area contributed by atoms with Crippen LogP contribution >= 0.6 is 11.3 Å². The maximum atomic E-state index is 12.3. The zero-order valence-electron chi connectivity index (χ0n) is 15.0. The number of nitrogens with zero attached hydrogens (tertiary/aromatic N) is 3. The molecule has 0 radical (unpaired) electrons. The lowest BCUT2D eigenvalue weighted by molar-refractivity contribution is -0.134. The number of aryl methyl sites for hydroxylation is 1. The Kier molecular flexibility index (Phi) is 7.62. The Labute approximate surface area is 158 Å². The summed E-state index contributed by atoms with van der Waals surface area (Å²) in [5.41, 5.74) is 1.23. The highest BCUT2D eigenvalue weighted by Gasteiger charge is 2.23. The van der Waals surface area contributed by atoms with E-state index < -0.39 is 5.97 Å². The van der Waals surface area contributed by atoms with Crippen LogP contribution in [0.4, 0.5) is 0 Å². The molecule has 0 spiro atoms. The lowest BCUT2D eigenvalue weighted by atomic mass is 9.87. The Bertz CT molecular complexity index is 711. The average Bonchev–Trinajstić information content (AvgIpc) is 3.09. The van der Waals surface area contributed by atoms with Crippen LogP contribution in [0.1, 0.15) is 52.7 Å². The summed E-state index contributed by atoms with van der Waals surface area (Å²) < 4.78 is 5.18. The van der Waals surface area contributed by atoms with Crippen molar-refractivity contribution in [3.05, 3.63) is 21.4 Å². The van der Waals surface area contributed by atoms with Crippen molar-refractivity contribution in [2.24, 2.45) is 5.92 Å². The maximum Gasteiger partial charge on any atom is 0.348 e. The Balaban J connectivity index is 1.91. The summed E-state index contributed by atoms with van der Waals surface area (Å²) in [6.07, 6.45) is 4.67. The van der Waals surface area contributed by atoms with E-state index in [0.717, 1.165) is 25.7 Å². The molecular weight excluding hydrogens is 350 g/mol. The highest BCUT2D eigenvalue weighted by molar-refractivity contribution is 7.14. The summed E-state index contributed by atoms with van der Waals surface area (Å²) in [6, 6.07) is 5.85. The molecule has 0 saturated heterocycles. The van der Waals surface area contributed by atoms with Crippen LogP contribution in [-0.4, -0.2) is 36.5 Å². The third-order valence-corrected chi connectivity index (χ3v) is 5.85. The number of carbonyl (C=O) groups excluding carboxylic acids is 2. The SMILES string of the molecule is CCC1CCc2sc(C(=O)OCC(=O)N(CCC#N)CCC#N)cc2C1. The van der Waals surface area contributed by atoms with Crippen molar-refractivity contribution in [1.82, 2.24) is 4.90 Å². The molecule has 1 unspecified atom stereocenters. The molecule has 6 nitrogen and oxygen atoms in total. The van der Waals surface area contributed by atoms with Crippen molar-refractivity contribution in [1.29, 1.82) is 10.5 Å². The van der Waals surface area contributed by atoms with E-state index in [4.69, 9.17) is 15.3 Å². The van der Waals surface area contributed by atoms with Gasteiger partial charge in [-0.05, 0) is 36.8 Å². The molecule has 0 N–H and O–H groups in total. The summed E-state index contributed by atoms with van der Waals surface area (Å²) in [6.45, 7) is 2.30. The van der Waals surface area contributed by atoms with Crippen LogP contribution in [0, 0.1) is 28.6 Å². The number of nitriles is 2. The molecule has 0 saturated carbocycles. The van der Waals surface area contributed by atoms with Gasteiger partial charge in [0.05, 0.1) is 25.0 Å². The van der Waals surface area contributed by atoms with Crippen LogP contribution in [0.15, 0.2) is 6.07 Å². The Morgan fingerprint density at radius 2 is 2.00 bits per heavy atom. The van der Waals surface area contributed by atoms with Crippen LogP contribution in [0.3, 0.4) is 0 Å². The minimum atomic E-state index is -0.480. The zero-order chi connectivity index (χ0) is 18.9. The van der Waals surface area contributed by atoms with Crippen LogP contribution in [0.2, 0.25) is 0 Å². The van der Waals surface area contributed by atoms with E-state index in [-0.39, 0.29) is 38.4 Å². The number of thiophene rings is 1. The fourth-order valence-electron chi connectivity index (χ4n) is 3.07. The van der Waals surface area contributed by atoms with Crippen molar-refractivity contribution in [2.45, 2.75) is 45.4 Å². The molecule has 1 aliphatic carbocycles. The molecule has 138 valence electrons. The largest absolute Gasteiger partial charge is 0.451 e. The summed E-state index contributed by atoms with van der Waals surface area (Å²) >= 11 is 1.46. The van der Waals surface area contributed by atoms with Crippen molar-refractivity contribution in [3.63, 3.8) is 0 Å². The molecule has 1 amide bonds. The minimum absolute atomic E-state index is 0.182. The number of carbonyl (C=O) groups is 2. The van der Waals surface area contributed by atoms with Gasteiger partial charge in [0, 0.05) is 18.0 Å². The molecule has 7 heteroatoms. The summed E-state index contributed by atoms with van der Waals surface area (Å²) in [4.78, 5) is 27.7. The molecule has 0 aromatic carbocycles. The van der Waals surface area contributed by atoms with Crippen LogP contribution in [0.25, 0.3) is 0 Å². The smallest absolute Gasteiger partial charge is 0.348 e. The van der Waals surface area contributed by atoms with Crippen molar-refractivity contribution in [3.8, 4) is 12.1 Å². The molecule has 1 atom stereocenters. The standard InChI is InChI=1S/C19H23N3O3S/c1-2-14-5-6-16-15(11-14)12-17(26-16)19(24)25-13-18(23)22(9-3-7-20)10-4-8-21/h12,14H,2-6,9-11,13H2,1H3. The molecule has 0 fully saturated rings. The van der Waals surface area contributed by atoms with Gasteiger partial charge in [-0.15, -0.1) is 11.3 Å². The quantitative estimate of drug-likeness (QED) is 0.653. The second-order valence-corrected chi connectivity index (χ2v) is 7.49. The van der Waals surface area contributed by atoms with E-state index in [2.05, 4.69) is 6.92 Å². The van der Waals surface area contributed by atoms with Gasteiger partial charge >= 0.3 is 5.97 Å². The number of hydrogen-bond donors (Lipinski definition) is 0. The maximum absolute atomic E-state index is 12.3. The molecule has 1 aliphatic rings. The Hall–Kier alpha value is -2.38. The topological polar surface area (TPSA) is 94.2 Å². The molecule has 0 aliphatic heterocycles. The van der Waals surface area contributed by atoms with Crippen molar-refractivity contribution in [2.75, 3.05) is 19.7 Å². The predicted molar refractivity (Wildman–Crippen MR) is 97.4 cm³/mol. The highest BCUT2D eigenvalue weighted by Crippen LogP contribution is 2.33. The molecular formula is C19H23N3O3S. The fraction of sp³-hybridized carbons (Fsp3) is 0.579. The Morgan fingerprint density at radius 3 is 2.62 bits per heavy atom. The second kappa shape index (κ2) is 9.94. The first-order chi connectivity index (χ1) is 12.6. The zero-order valence-corrected chi connectivity index (χ0v) is 15.8. The average molecular weight is 373 g/mol. The van der Waals surface area contributed by atoms with Gasteiger partial charge in [0.25, 0.3) is 5.91 Å². The number of ether oxygens (including phenoxy) is 1. The second-order valence-electron chi connectivity index (χ2n) is 6.35. The fourth-order valence-corrected chi connectivity index (χ4v) is 4.17. The van der Waals surface area contributed by atoms with E-state index in [1.807, 2.05) is 18.2 Å². The van der Waals surface area contributed by atoms with Crippen LogP contribution < -0.4 is 0 Å². The monoisotopic (exact) mass is 373 g/mol. The van der Waals surface area contributed by atoms with Crippen LogP contribution in [-0.2, 0) is 22.4 Å². The molecule has 26 heavy (non-hydrogen) atoms. The highest BCUT2D eigenvalue weighted by atomic mass is 32.1. The van der Waals surface area contributed by atoms with Gasteiger partial charge in [0.1, 0.15) is 4.88 Å². The normalized spacial score (nSPS) is 15.4. The van der Waals surface area contributed by atoms with E-state index in [1.165, 1.54) is 26.7 Å². The van der Waals surface area contributed by atoms with Gasteiger partial charge in [-0.1, -0.05) is 13.3 Å². The lowest BCUT2D eigenvalue weighted by Gasteiger charge is -2.19. The van der Waals surface area contributed by atoms with Gasteiger partial charge in [-0.2, -0.15) is 10.5 Å². The van der Waals surface area contributed by atoms with Crippen molar-refractivity contribution < 1.29 is 14.3 Å². The van der Waals surface area contributed by atoms with Gasteiger partial charge in [0.2, 0.25) is 0 Å². The summed E-state index contributed by atoms with van der Waals surface area (Å²) in [5, 5.41) is 17.3. The first kappa shape index (κ1) is 19.9. The minimum Gasteiger partial charge on any atom is -0.451 e. The Morgan fingerprint density at radius 1 is 1.31 bits per heavy atom. The van der Waals surface area contributed by atoms with E-state index >= 15 is 0 Å². The van der Waals surface area contributed by atoms with Crippen LogP contribution in [0.5, 0.6) is 0 Å². The molecule has 1 heterocycles. The van der Waals surface area contributed by atoms with Gasteiger partial charge in [-0.3, -0.25) is 4.79 Å². The lowest BCUT2D eigenvalue weighted by Crippen LogP contribution is -2.36. The summed E-state index contributed by atoms with van der Waals surface area (Å²) in [7, 11) is 0. The van der Waals surface area contributed by atoms with E-state index in [0.29, 0.717) is 10.8 Å². The van der Waals surface area contributed by atoms with Gasteiger partial charge < -0.3 is 9.64 Å². The molecule has 1 aromatic rings. The molecule has 1 aromatic heterocycles. The third kappa shape index (κ3) is 5.31.